The van der Waals surface area contributed by atoms with E-state index < -0.39 is 0 Å². The van der Waals surface area contributed by atoms with Crippen molar-refractivity contribution in [2.24, 2.45) is 0 Å². The predicted molar refractivity (Wildman–Crippen MR) is 333 cm³/mol. The normalized spacial score (nSPS) is 12.8. The molecule has 2 aliphatic heterocycles. The van der Waals surface area contributed by atoms with E-state index in [-0.39, 0.29) is 12.1 Å². The number of hydrogen-bond acceptors (Lipinski definition) is 2. The van der Waals surface area contributed by atoms with Crippen LogP contribution in [0.25, 0.3) is 99.1 Å². The molecule has 0 amide bonds. The number of benzene rings is 12. The minimum Gasteiger partial charge on any atom is -0.458 e. The van der Waals surface area contributed by atoms with Crippen molar-refractivity contribution < 1.29 is 4.74 Å². The van der Waals surface area contributed by atoms with Gasteiger partial charge in [0.15, 0.2) is 0 Å². The maximum absolute atomic E-state index is 7.72. The molecule has 14 aromatic rings. The first kappa shape index (κ1) is 45.4. The fourth-order valence-electron chi connectivity index (χ4n) is 13.2. The van der Waals surface area contributed by atoms with Crippen LogP contribution in [0.3, 0.4) is 0 Å². The monoisotopic (exact) mass is 1010 g/mol. The molecule has 5 heteroatoms. The van der Waals surface area contributed by atoms with Gasteiger partial charge in [0.1, 0.15) is 11.5 Å². The minimum atomic E-state index is -0.222. The average Bonchev–Trinajstić information content (AvgIpc) is 4.10. The number of hydrogen-bond donors (Lipinski definition) is 0. The first-order valence-corrected chi connectivity index (χ1v) is 27.5. The van der Waals surface area contributed by atoms with Gasteiger partial charge in [0.2, 0.25) is 0 Å². The Hall–Kier alpha value is -9.84. The molecule has 0 fully saturated rings. The molecule has 2 aromatic heterocycles. The van der Waals surface area contributed by atoms with E-state index in [1.807, 2.05) is 0 Å². The second-order valence-electron chi connectivity index (χ2n) is 22.4. The van der Waals surface area contributed by atoms with E-state index >= 15 is 0 Å². The van der Waals surface area contributed by atoms with Gasteiger partial charge in [-0.3, -0.25) is 0 Å². The molecule has 0 bridgehead atoms. The van der Waals surface area contributed by atoms with Gasteiger partial charge < -0.3 is 18.8 Å². The number of nitrogens with zero attached hydrogens (tertiary/aromatic N) is 3. The van der Waals surface area contributed by atoms with Crippen LogP contribution in [0.5, 0.6) is 11.5 Å². The van der Waals surface area contributed by atoms with Crippen LogP contribution in [-0.4, -0.2) is 15.8 Å². The van der Waals surface area contributed by atoms with Gasteiger partial charge in [-0.15, -0.1) is 0 Å². The molecule has 4 nitrogen and oxygen atoms in total. The number of ether oxygens (including phenoxy) is 1. The van der Waals surface area contributed by atoms with E-state index in [2.05, 4.69) is 296 Å². The quantitative estimate of drug-likeness (QED) is 0.155. The van der Waals surface area contributed by atoms with Crippen LogP contribution >= 0.6 is 0 Å². The number of fused-ring (bicyclic) bond motifs is 11. The molecule has 0 atom stereocenters. The SMILES string of the molecule is CC(C)(C)c1ccc(-c2cc3c4c(c2)N(c2cc5ccccc5cc2-c2ccccc2)c2cc(-n5c6ccccc6c6ccccc65)ccc2B4c2cc(-n4c5ccccc5c5ccccc54)cc(-c4ccccc4)c2O3)cc1. The maximum Gasteiger partial charge on any atom is 0.256 e. The smallest absolute Gasteiger partial charge is 0.256 e. The largest absolute Gasteiger partial charge is 0.458 e. The Morgan fingerprint density at radius 1 is 0.354 bits per heavy atom. The first-order valence-electron chi connectivity index (χ1n) is 27.5. The average molecular weight is 1010 g/mol. The molecule has 2 aliphatic rings. The summed E-state index contributed by atoms with van der Waals surface area (Å²) in [6, 6.07) is 96.6. The molecule has 16 rings (SSSR count). The van der Waals surface area contributed by atoms with Crippen LogP contribution in [0.2, 0.25) is 0 Å². The van der Waals surface area contributed by atoms with E-state index in [0.29, 0.717) is 0 Å². The Morgan fingerprint density at radius 2 is 0.873 bits per heavy atom. The third-order valence-corrected chi connectivity index (χ3v) is 16.9. The van der Waals surface area contributed by atoms with Crippen LogP contribution in [0.1, 0.15) is 26.3 Å². The van der Waals surface area contributed by atoms with Crippen molar-refractivity contribution in [3.63, 3.8) is 0 Å². The summed E-state index contributed by atoms with van der Waals surface area (Å²) in [6.45, 7) is 6.62. The summed E-state index contributed by atoms with van der Waals surface area (Å²) in [7, 11) is 0. The van der Waals surface area contributed by atoms with Gasteiger partial charge in [-0.25, -0.2) is 0 Å². The lowest BCUT2D eigenvalue weighted by Gasteiger charge is -2.42. The molecule has 0 saturated heterocycles. The van der Waals surface area contributed by atoms with Crippen molar-refractivity contribution in [3.8, 4) is 56.3 Å². The molecule has 372 valence electrons. The van der Waals surface area contributed by atoms with Crippen LogP contribution in [0.4, 0.5) is 17.1 Å². The van der Waals surface area contributed by atoms with Crippen molar-refractivity contribution in [3.05, 3.63) is 266 Å². The third kappa shape index (κ3) is 7.02. The number of para-hydroxylation sites is 4. The third-order valence-electron chi connectivity index (χ3n) is 16.9. The summed E-state index contributed by atoms with van der Waals surface area (Å²) in [5.41, 5.74) is 21.6. The Kier molecular flexibility index (Phi) is 9.96. The molecule has 0 N–H and O–H groups in total. The fraction of sp³-hybridized carbons (Fsp3) is 0.0541. The van der Waals surface area contributed by atoms with E-state index in [1.54, 1.807) is 0 Å². The molecule has 0 aliphatic carbocycles. The van der Waals surface area contributed by atoms with Crippen molar-refractivity contribution in [2.75, 3.05) is 4.90 Å². The zero-order chi connectivity index (χ0) is 52.5. The Morgan fingerprint density at radius 3 is 1.46 bits per heavy atom. The Labute approximate surface area is 459 Å². The van der Waals surface area contributed by atoms with Crippen LogP contribution in [0, 0.1) is 0 Å². The number of aromatic nitrogens is 2. The fourth-order valence-corrected chi connectivity index (χ4v) is 13.2. The molecule has 79 heavy (non-hydrogen) atoms. The van der Waals surface area contributed by atoms with E-state index in [4.69, 9.17) is 4.74 Å². The van der Waals surface area contributed by atoms with Gasteiger partial charge in [0.05, 0.1) is 27.8 Å². The number of anilines is 3. The summed E-state index contributed by atoms with van der Waals surface area (Å²) in [5.74, 6) is 1.73. The summed E-state index contributed by atoms with van der Waals surface area (Å²) < 4.78 is 12.6. The van der Waals surface area contributed by atoms with Crippen molar-refractivity contribution in [1.82, 2.24) is 9.13 Å². The first-order chi connectivity index (χ1) is 38.8. The highest BCUT2D eigenvalue weighted by atomic mass is 16.5. The highest BCUT2D eigenvalue weighted by molar-refractivity contribution is 6.99. The molecule has 0 saturated carbocycles. The van der Waals surface area contributed by atoms with Gasteiger partial charge in [-0.2, -0.15) is 0 Å². The molecule has 0 unspecified atom stereocenters. The van der Waals surface area contributed by atoms with Crippen molar-refractivity contribution >= 4 is 94.5 Å². The lowest BCUT2D eigenvalue weighted by molar-refractivity contribution is 0.489. The van der Waals surface area contributed by atoms with Crippen molar-refractivity contribution in [2.45, 2.75) is 26.2 Å². The Bertz CT molecular complexity index is 4690. The van der Waals surface area contributed by atoms with Gasteiger partial charge in [-0.05, 0) is 133 Å². The molecular weight excluding hydrogens is 958 g/mol. The highest BCUT2D eigenvalue weighted by Crippen LogP contribution is 2.50. The van der Waals surface area contributed by atoms with Crippen molar-refractivity contribution in [1.29, 1.82) is 0 Å². The summed E-state index contributed by atoms with van der Waals surface area (Å²) in [6.07, 6.45) is 0. The summed E-state index contributed by atoms with van der Waals surface area (Å²) >= 11 is 0. The van der Waals surface area contributed by atoms with Gasteiger partial charge >= 0.3 is 0 Å². The lowest BCUT2D eigenvalue weighted by atomic mass is 9.34. The van der Waals surface area contributed by atoms with Gasteiger partial charge in [-0.1, -0.05) is 209 Å². The van der Waals surface area contributed by atoms with Gasteiger partial charge in [0, 0.05) is 55.4 Å². The molecular formula is C74H52BN3O. The van der Waals surface area contributed by atoms with E-state index in [0.717, 1.165) is 84.2 Å². The Balaban J connectivity index is 1.05. The second-order valence-corrected chi connectivity index (χ2v) is 22.4. The molecule has 0 radical (unpaired) electrons. The van der Waals surface area contributed by atoms with Gasteiger partial charge in [0.25, 0.3) is 6.71 Å². The van der Waals surface area contributed by atoms with Crippen LogP contribution in [0.15, 0.2) is 261 Å². The second kappa shape index (κ2) is 17.3. The lowest BCUT2D eigenvalue weighted by Crippen LogP contribution is -2.59. The van der Waals surface area contributed by atoms with Crippen LogP contribution < -0.4 is 26.0 Å². The molecule has 4 heterocycles. The molecule has 12 aromatic carbocycles. The highest BCUT2D eigenvalue weighted by Gasteiger charge is 2.44. The zero-order valence-corrected chi connectivity index (χ0v) is 44.2. The maximum atomic E-state index is 7.72. The van der Waals surface area contributed by atoms with E-state index in [9.17, 15) is 0 Å². The topological polar surface area (TPSA) is 22.3 Å². The summed E-state index contributed by atoms with van der Waals surface area (Å²) in [5, 5.41) is 7.28. The zero-order valence-electron chi connectivity index (χ0n) is 44.2. The predicted octanol–water partition coefficient (Wildman–Crippen LogP) is 17.7. The summed E-state index contributed by atoms with van der Waals surface area (Å²) in [4.78, 5) is 2.58. The molecule has 0 spiro atoms. The number of rotatable bonds is 6. The van der Waals surface area contributed by atoms with Crippen LogP contribution in [-0.2, 0) is 5.41 Å². The van der Waals surface area contributed by atoms with E-state index in [1.165, 1.54) is 65.4 Å². The standard InChI is InChI=1S/C74H52BN3O/c1-74(2,3)53-36-34-47(35-37-53)52-42-70-72-71(43-52)79-73-61(49-22-8-5-9-23-49)44-55(77-66-32-18-14-28-58(66)59-29-15-19-33-67(59)77)45-63(73)75(72)62-39-38-54(76-64-30-16-12-26-56(64)57-27-13-17-31-65(57)76)46-69(62)78(70)68-41-51-25-11-10-24-50(51)40-60(68)48-20-6-4-7-21-48/h4-46H,1-3H3. The minimum absolute atomic E-state index is 0.00481.